The maximum Gasteiger partial charge on any atom is 0.879 e. The minimum atomic E-state index is -4.54. The standard InChI is InChI=1S/C24H29N2O10P/c1-7-25(28)37(30,26(29)8-2)36-20-11-15(9-10-19(20)31-3)17-12-16(27)14-35-22-18(17)13-21(32-4)23(33-5)24(22)34-6/h9-13H,7-8,14H2,1-6H3/q+2. The van der Waals surface area contributed by atoms with Gasteiger partial charge in [0.05, 0.1) is 28.4 Å². The molecular formula is C24H29N2O10P+2. The molecule has 0 atom stereocenters. The summed E-state index contributed by atoms with van der Waals surface area (Å²) in [6.07, 6.45) is 1.38. The highest BCUT2D eigenvalue weighted by molar-refractivity contribution is 7.45. The van der Waals surface area contributed by atoms with Crippen LogP contribution in [0.3, 0.4) is 0 Å². The minimum absolute atomic E-state index is 0.106. The molecule has 2 aromatic carbocycles. The van der Waals surface area contributed by atoms with Gasteiger partial charge >= 0.3 is 7.67 Å². The van der Waals surface area contributed by atoms with Crippen LogP contribution < -0.4 is 28.2 Å². The van der Waals surface area contributed by atoms with Gasteiger partial charge in [0.25, 0.3) is 0 Å². The fraction of sp³-hybridized carbons (Fsp3) is 0.375. The second kappa shape index (κ2) is 11.4. The highest BCUT2D eigenvalue weighted by Gasteiger charge is 2.61. The van der Waals surface area contributed by atoms with E-state index in [1.165, 1.54) is 60.5 Å². The Kier molecular flexibility index (Phi) is 8.54. The van der Waals surface area contributed by atoms with Crippen LogP contribution in [0.1, 0.15) is 25.0 Å². The van der Waals surface area contributed by atoms with Gasteiger partial charge < -0.3 is 28.2 Å². The maximum atomic E-state index is 13.4. The van der Waals surface area contributed by atoms with Crippen LogP contribution in [0.15, 0.2) is 30.3 Å². The predicted octanol–water partition coefficient (Wildman–Crippen LogP) is 4.20. The van der Waals surface area contributed by atoms with Crippen molar-refractivity contribution in [3.05, 3.63) is 51.3 Å². The Balaban J connectivity index is 2.25. The van der Waals surface area contributed by atoms with Crippen LogP contribution in [0.4, 0.5) is 0 Å². The predicted molar refractivity (Wildman–Crippen MR) is 133 cm³/mol. The van der Waals surface area contributed by atoms with Gasteiger partial charge in [0, 0.05) is 15.4 Å². The number of hydrogen-bond acceptors (Lipinski definition) is 10. The van der Waals surface area contributed by atoms with E-state index >= 15 is 0 Å². The molecule has 0 amide bonds. The number of methoxy groups -OCH3 is 4. The monoisotopic (exact) mass is 536 g/mol. The summed E-state index contributed by atoms with van der Waals surface area (Å²) in [5.74, 6) is 0.730. The first kappa shape index (κ1) is 27.7. The number of ether oxygens (including phenoxy) is 5. The maximum absolute atomic E-state index is 13.4. The first-order valence-electron chi connectivity index (χ1n) is 11.3. The molecule has 0 aromatic heterocycles. The van der Waals surface area contributed by atoms with Crippen LogP contribution in [0, 0.1) is 9.81 Å². The van der Waals surface area contributed by atoms with Crippen LogP contribution in [0.2, 0.25) is 0 Å². The van der Waals surface area contributed by atoms with Crippen molar-refractivity contribution in [2.45, 2.75) is 13.8 Å². The average molecular weight is 536 g/mol. The zero-order valence-electron chi connectivity index (χ0n) is 21.4. The molecule has 0 N–H and O–H groups in total. The van der Waals surface area contributed by atoms with Gasteiger partial charge in [-0.05, 0) is 49.3 Å². The number of carbonyl (C=O) groups excluding carboxylic acids is 1. The zero-order chi connectivity index (χ0) is 27.3. The third kappa shape index (κ3) is 5.15. The number of nitrogens with zero attached hydrogens (tertiary/aromatic N) is 2. The number of fused-ring (bicyclic) bond motifs is 1. The van der Waals surface area contributed by atoms with Crippen LogP contribution in [0.5, 0.6) is 34.5 Å². The van der Waals surface area contributed by atoms with Crippen molar-refractivity contribution in [3.8, 4) is 34.5 Å². The summed E-state index contributed by atoms with van der Waals surface area (Å²) in [6.45, 7) is 2.15. The number of rotatable bonds is 11. The number of ketones is 1. The molecule has 0 spiro atoms. The van der Waals surface area contributed by atoms with Crippen LogP contribution in [-0.4, -0.2) is 63.0 Å². The Morgan fingerprint density at radius 2 is 1.49 bits per heavy atom. The molecule has 37 heavy (non-hydrogen) atoms. The molecule has 0 unspecified atom stereocenters. The van der Waals surface area contributed by atoms with E-state index in [1.807, 2.05) is 0 Å². The van der Waals surface area contributed by atoms with Gasteiger partial charge in [-0.1, -0.05) is 6.07 Å². The Hall–Kier alpha value is -3.92. The van der Waals surface area contributed by atoms with Gasteiger partial charge in [0.1, 0.15) is 9.06 Å². The van der Waals surface area contributed by atoms with E-state index in [1.54, 1.807) is 12.1 Å². The largest absolute Gasteiger partial charge is 0.879 e. The molecule has 0 saturated carbocycles. The lowest BCUT2D eigenvalue weighted by molar-refractivity contribution is -0.522. The van der Waals surface area contributed by atoms with Gasteiger partial charge in [-0.2, -0.15) is 0 Å². The first-order chi connectivity index (χ1) is 17.7. The average Bonchev–Trinajstić information content (AvgIpc) is 3.08. The van der Waals surface area contributed by atoms with E-state index in [-0.39, 0.29) is 63.3 Å². The SMILES string of the molecule is CC[N+](=O)P(=O)(Oc1cc(C2=CC(=O)COc3c2cc(OC)c(OC)c3OC)ccc1OC)[N+](=O)CC. The van der Waals surface area contributed by atoms with Crippen LogP contribution in [0.25, 0.3) is 5.57 Å². The van der Waals surface area contributed by atoms with Gasteiger partial charge in [-0.25, -0.2) is 0 Å². The van der Waals surface area contributed by atoms with Gasteiger partial charge in [0.2, 0.25) is 24.6 Å². The van der Waals surface area contributed by atoms with E-state index < -0.39 is 7.67 Å². The smallest absolute Gasteiger partial charge is 0.493 e. The summed E-state index contributed by atoms with van der Waals surface area (Å²) in [6, 6.07) is 6.20. The molecule has 1 heterocycles. The summed E-state index contributed by atoms with van der Waals surface area (Å²) in [4.78, 5) is 37.5. The van der Waals surface area contributed by atoms with Crippen molar-refractivity contribution < 1.29 is 46.6 Å². The Labute approximate surface area is 213 Å². The summed E-state index contributed by atoms with van der Waals surface area (Å²) in [7, 11) is 1.15. The lowest BCUT2D eigenvalue weighted by atomic mass is 9.95. The van der Waals surface area contributed by atoms with Crippen molar-refractivity contribution in [2.24, 2.45) is 0 Å². The first-order valence-corrected chi connectivity index (χ1v) is 12.8. The molecule has 0 bridgehead atoms. The number of hydrogen-bond donors (Lipinski definition) is 0. The third-order valence-corrected chi connectivity index (χ3v) is 7.66. The lowest BCUT2D eigenvalue weighted by Gasteiger charge is -2.19. The van der Waals surface area contributed by atoms with Crippen molar-refractivity contribution in [3.63, 3.8) is 0 Å². The molecule has 0 fully saturated rings. The van der Waals surface area contributed by atoms with Gasteiger partial charge in [-0.3, -0.25) is 4.79 Å². The van der Waals surface area contributed by atoms with Gasteiger partial charge in [0.15, 0.2) is 35.4 Å². The molecule has 13 heteroatoms. The molecule has 0 saturated heterocycles. The van der Waals surface area contributed by atoms with E-state index in [0.29, 0.717) is 22.4 Å². The molecule has 0 radical (unpaired) electrons. The quantitative estimate of drug-likeness (QED) is 0.385. The van der Waals surface area contributed by atoms with E-state index in [9.17, 15) is 19.2 Å². The number of carbonyl (C=O) groups is 1. The summed E-state index contributed by atoms with van der Waals surface area (Å²) in [5.41, 5.74) is 1.25. The fourth-order valence-corrected chi connectivity index (χ4v) is 5.26. The molecule has 2 aromatic rings. The summed E-state index contributed by atoms with van der Waals surface area (Å²) in [5, 5.41) is 0. The zero-order valence-corrected chi connectivity index (χ0v) is 22.3. The second-order valence-corrected chi connectivity index (χ2v) is 9.68. The normalized spacial score (nSPS) is 12.9. The highest BCUT2D eigenvalue weighted by Crippen LogP contribution is 2.53. The van der Waals surface area contributed by atoms with E-state index in [2.05, 4.69) is 0 Å². The van der Waals surface area contributed by atoms with Crippen LogP contribution in [-0.2, 0) is 9.36 Å². The topological polar surface area (TPSA) is 130 Å². The third-order valence-electron chi connectivity index (χ3n) is 5.54. The van der Waals surface area contributed by atoms with Crippen molar-refractivity contribution in [1.29, 1.82) is 0 Å². The van der Waals surface area contributed by atoms with Crippen molar-refractivity contribution >= 4 is 19.0 Å². The molecule has 198 valence electrons. The van der Waals surface area contributed by atoms with E-state index in [4.69, 9.17) is 28.2 Å². The number of benzene rings is 2. The van der Waals surface area contributed by atoms with Crippen LogP contribution >= 0.6 is 7.67 Å². The summed E-state index contributed by atoms with van der Waals surface area (Å²) >= 11 is 0. The Morgan fingerprint density at radius 3 is 2.03 bits per heavy atom. The molecule has 12 nitrogen and oxygen atoms in total. The van der Waals surface area contributed by atoms with Gasteiger partial charge in [-0.15, -0.1) is 4.57 Å². The highest BCUT2D eigenvalue weighted by atomic mass is 31.2. The van der Waals surface area contributed by atoms with Crippen molar-refractivity contribution in [2.75, 3.05) is 48.1 Å². The summed E-state index contributed by atoms with van der Waals surface area (Å²) < 4.78 is 46.7. The molecule has 1 aliphatic rings. The molecular weight excluding hydrogens is 507 g/mol. The molecule has 0 aliphatic carbocycles. The van der Waals surface area contributed by atoms with E-state index in [0.717, 1.165) is 0 Å². The number of nitroso groups, excluding NO2 is 2. The Morgan fingerprint density at radius 1 is 0.865 bits per heavy atom. The molecule has 3 rings (SSSR count). The van der Waals surface area contributed by atoms with Crippen molar-refractivity contribution in [1.82, 2.24) is 0 Å². The Bertz CT molecular complexity index is 1300. The molecule has 1 aliphatic heterocycles. The fourth-order valence-electron chi connectivity index (χ4n) is 3.74. The minimum Gasteiger partial charge on any atom is -0.493 e. The lowest BCUT2D eigenvalue weighted by Crippen LogP contribution is -2.19. The second-order valence-electron chi connectivity index (χ2n) is 7.62.